The summed E-state index contributed by atoms with van der Waals surface area (Å²) in [6.07, 6.45) is 3.61. The Bertz CT molecular complexity index is 545. The van der Waals surface area contributed by atoms with Crippen molar-refractivity contribution in [3.8, 4) is 11.5 Å². The van der Waals surface area contributed by atoms with Crippen LogP contribution in [0, 0.1) is 0 Å². The van der Waals surface area contributed by atoms with Crippen LogP contribution >= 0.6 is 0 Å². The van der Waals surface area contributed by atoms with Crippen LogP contribution in [0.25, 0.3) is 0 Å². The Labute approximate surface area is 106 Å². The number of aromatic nitrogens is 1. The van der Waals surface area contributed by atoms with Crippen molar-refractivity contribution in [2.75, 3.05) is 13.7 Å². The first-order chi connectivity index (χ1) is 8.69. The molecule has 1 aromatic heterocycles. The highest BCUT2D eigenvalue weighted by molar-refractivity contribution is 5.97. The molecule has 0 saturated heterocycles. The molecule has 2 rings (SSSR count). The van der Waals surface area contributed by atoms with Crippen molar-refractivity contribution < 1.29 is 14.3 Å². The molecule has 0 amide bonds. The summed E-state index contributed by atoms with van der Waals surface area (Å²) in [6.45, 7) is 0.0250. The number of benzene rings is 1. The highest BCUT2D eigenvalue weighted by atomic mass is 16.5. The van der Waals surface area contributed by atoms with E-state index in [0.29, 0.717) is 17.1 Å². The number of aryl methyl sites for hydroxylation is 1. The summed E-state index contributed by atoms with van der Waals surface area (Å²) in [5.41, 5.74) is 0.653. The van der Waals surface area contributed by atoms with Crippen molar-refractivity contribution in [1.82, 2.24) is 4.57 Å². The van der Waals surface area contributed by atoms with Crippen LogP contribution in [0.4, 0.5) is 0 Å². The minimum absolute atomic E-state index is 0.0250. The standard InChI is InChI=1S/C14H15NO3/c1-15-7-6-11(9-15)14(16)10-18-13-5-3-4-12(8-13)17-2/h3-9H,10H2,1-2H3. The molecule has 0 atom stereocenters. The van der Waals surface area contributed by atoms with E-state index in [9.17, 15) is 4.79 Å². The Morgan fingerprint density at radius 3 is 2.72 bits per heavy atom. The van der Waals surface area contributed by atoms with E-state index in [1.165, 1.54) is 0 Å². The molecular formula is C14H15NO3. The Morgan fingerprint density at radius 2 is 2.06 bits per heavy atom. The summed E-state index contributed by atoms with van der Waals surface area (Å²) in [7, 11) is 3.47. The second kappa shape index (κ2) is 5.40. The van der Waals surface area contributed by atoms with Crippen molar-refractivity contribution in [2.24, 2.45) is 7.05 Å². The van der Waals surface area contributed by atoms with Crippen LogP contribution in [-0.2, 0) is 7.05 Å². The summed E-state index contributed by atoms with van der Waals surface area (Å²) < 4.78 is 12.3. The van der Waals surface area contributed by atoms with Crippen molar-refractivity contribution in [1.29, 1.82) is 0 Å². The highest BCUT2D eigenvalue weighted by Gasteiger charge is 2.08. The molecule has 0 N–H and O–H groups in total. The molecule has 0 unspecified atom stereocenters. The smallest absolute Gasteiger partial charge is 0.201 e. The fourth-order valence-corrected chi connectivity index (χ4v) is 1.59. The molecule has 1 aromatic carbocycles. The second-order valence-electron chi connectivity index (χ2n) is 3.96. The predicted molar refractivity (Wildman–Crippen MR) is 68.2 cm³/mol. The fourth-order valence-electron chi connectivity index (χ4n) is 1.59. The maximum atomic E-state index is 11.8. The van der Waals surface area contributed by atoms with E-state index in [4.69, 9.17) is 9.47 Å². The lowest BCUT2D eigenvalue weighted by Crippen LogP contribution is -2.10. The maximum absolute atomic E-state index is 11.8. The average Bonchev–Trinajstić information content (AvgIpc) is 2.83. The predicted octanol–water partition coefficient (Wildman–Crippen LogP) is 2.30. The largest absolute Gasteiger partial charge is 0.497 e. The van der Waals surface area contributed by atoms with E-state index >= 15 is 0 Å². The molecule has 0 radical (unpaired) electrons. The van der Waals surface area contributed by atoms with Crippen LogP contribution in [0.2, 0.25) is 0 Å². The van der Waals surface area contributed by atoms with Gasteiger partial charge in [0.25, 0.3) is 0 Å². The Kier molecular flexibility index (Phi) is 3.67. The Balaban J connectivity index is 1.97. The fraction of sp³-hybridized carbons (Fsp3) is 0.214. The number of ketones is 1. The van der Waals surface area contributed by atoms with Gasteiger partial charge in [-0.05, 0) is 18.2 Å². The number of ether oxygens (including phenoxy) is 2. The van der Waals surface area contributed by atoms with Crippen LogP contribution < -0.4 is 9.47 Å². The summed E-state index contributed by atoms with van der Waals surface area (Å²) in [5.74, 6) is 1.29. The van der Waals surface area contributed by atoms with Gasteiger partial charge in [0.15, 0.2) is 6.61 Å². The van der Waals surface area contributed by atoms with Crippen LogP contribution in [0.15, 0.2) is 42.7 Å². The number of methoxy groups -OCH3 is 1. The number of rotatable bonds is 5. The van der Waals surface area contributed by atoms with E-state index in [2.05, 4.69) is 0 Å². The van der Waals surface area contributed by atoms with Gasteiger partial charge in [-0.25, -0.2) is 0 Å². The number of carbonyl (C=O) groups is 1. The van der Waals surface area contributed by atoms with Crippen molar-refractivity contribution in [3.05, 3.63) is 48.3 Å². The Hall–Kier alpha value is -2.23. The van der Waals surface area contributed by atoms with Gasteiger partial charge in [0, 0.05) is 31.1 Å². The lowest BCUT2D eigenvalue weighted by molar-refractivity contribution is 0.0921. The minimum atomic E-state index is -0.0431. The minimum Gasteiger partial charge on any atom is -0.497 e. The van der Waals surface area contributed by atoms with Crippen LogP contribution in [0.5, 0.6) is 11.5 Å². The lowest BCUT2D eigenvalue weighted by Gasteiger charge is -2.06. The van der Waals surface area contributed by atoms with Crippen molar-refractivity contribution >= 4 is 5.78 Å². The molecule has 0 aliphatic rings. The summed E-state index contributed by atoms with van der Waals surface area (Å²) in [6, 6.07) is 8.96. The molecule has 0 aliphatic heterocycles. The van der Waals surface area contributed by atoms with Gasteiger partial charge in [-0.15, -0.1) is 0 Å². The molecule has 2 aromatic rings. The molecule has 4 heteroatoms. The van der Waals surface area contributed by atoms with Gasteiger partial charge >= 0.3 is 0 Å². The summed E-state index contributed by atoms with van der Waals surface area (Å²) in [4.78, 5) is 11.8. The molecule has 18 heavy (non-hydrogen) atoms. The van der Waals surface area contributed by atoms with Crippen molar-refractivity contribution in [2.45, 2.75) is 0 Å². The highest BCUT2D eigenvalue weighted by Crippen LogP contribution is 2.19. The number of nitrogens with zero attached hydrogens (tertiary/aromatic N) is 1. The van der Waals surface area contributed by atoms with E-state index in [1.807, 2.05) is 29.9 Å². The summed E-state index contributed by atoms with van der Waals surface area (Å²) >= 11 is 0. The van der Waals surface area contributed by atoms with Crippen LogP contribution in [0.1, 0.15) is 10.4 Å². The van der Waals surface area contributed by atoms with Crippen LogP contribution in [-0.4, -0.2) is 24.1 Å². The molecule has 0 bridgehead atoms. The van der Waals surface area contributed by atoms with E-state index in [-0.39, 0.29) is 12.4 Å². The zero-order chi connectivity index (χ0) is 13.0. The number of hydrogen-bond acceptors (Lipinski definition) is 3. The molecule has 4 nitrogen and oxygen atoms in total. The number of Topliss-reactive ketones (excluding diaryl/α,β-unsaturated/α-hetero) is 1. The first-order valence-corrected chi connectivity index (χ1v) is 5.61. The Morgan fingerprint density at radius 1 is 1.28 bits per heavy atom. The average molecular weight is 245 g/mol. The quantitative estimate of drug-likeness (QED) is 0.759. The molecule has 0 aliphatic carbocycles. The third-order valence-electron chi connectivity index (χ3n) is 2.57. The van der Waals surface area contributed by atoms with Gasteiger partial charge in [-0.3, -0.25) is 4.79 Å². The van der Waals surface area contributed by atoms with E-state index < -0.39 is 0 Å². The van der Waals surface area contributed by atoms with Gasteiger partial charge in [0.2, 0.25) is 5.78 Å². The zero-order valence-corrected chi connectivity index (χ0v) is 10.4. The van der Waals surface area contributed by atoms with Crippen molar-refractivity contribution in [3.63, 3.8) is 0 Å². The van der Waals surface area contributed by atoms with E-state index in [0.717, 1.165) is 0 Å². The molecule has 0 fully saturated rings. The topological polar surface area (TPSA) is 40.5 Å². The molecule has 1 heterocycles. The van der Waals surface area contributed by atoms with Gasteiger partial charge in [0.05, 0.1) is 7.11 Å². The molecule has 94 valence electrons. The first kappa shape index (κ1) is 12.2. The van der Waals surface area contributed by atoms with Gasteiger partial charge in [-0.2, -0.15) is 0 Å². The first-order valence-electron chi connectivity index (χ1n) is 5.61. The molecular weight excluding hydrogens is 230 g/mol. The monoisotopic (exact) mass is 245 g/mol. The molecule has 0 spiro atoms. The van der Waals surface area contributed by atoms with Gasteiger partial charge in [0.1, 0.15) is 11.5 Å². The van der Waals surface area contributed by atoms with Gasteiger partial charge < -0.3 is 14.0 Å². The lowest BCUT2D eigenvalue weighted by atomic mass is 10.2. The second-order valence-corrected chi connectivity index (χ2v) is 3.96. The number of carbonyl (C=O) groups excluding carboxylic acids is 1. The zero-order valence-electron chi connectivity index (χ0n) is 10.4. The maximum Gasteiger partial charge on any atom is 0.201 e. The van der Waals surface area contributed by atoms with Crippen LogP contribution in [0.3, 0.4) is 0 Å². The molecule has 0 saturated carbocycles. The SMILES string of the molecule is COc1cccc(OCC(=O)c2ccn(C)c2)c1. The normalized spacial score (nSPS) is 10.1. The van der Waals surface area contributed by atoms with Gasteiger partial charge in [-0.1, -0.05) is 6.07 Å². The summed E-state index contributed by atoms with van der Waals surface area (Å²) in [5, 5.41) is 0. The third kappa shape index (κ3) is 2.91. The third-order valence-corrected chi connectivity index (χ3v) is 2.57. The number of hydrogen-bond donors (Lipinski definition) is 0. The van der Waals surface area contributed by atoms with E-state index in [1.54, 1.807) is 31.5 Å².